The van der Waals surface area contributed by atoms with E-state index in [0.29, 0.717) is 10.9 Å². The van der Waals surface area contributed by atoms with Crippen molar-refractivity contribution < 1.29 is 4.39 Å². The van der Waals surface area contributed by atoms with Crippen LogP contribution in [0.2, 0.25) is 0 Å². The van der Waals surface area contributed by atoms with Gasteiger partial charge >= 0.3 is 0 Å². The lowest BCUT2D eigenvalue weighted by atomic mass is 10.0. The van der Waals surface area contributed by atoms with Gasteiger partial charge in [0.05, 0.1) is 11.1 Å². The minimum atomic E-state index is -0.434. The fourth-order valence-corrected chi connectivity index (χ4v) is 3.14. The van der Waals surface area contributed by atoms with Crippen LogP contribution in [-0.2, 0) is 6.42 Å². The van der Waals surface area contributed by atoms with Crippen molar-refractivity contribution in [2.45, 2.75) is 6.42 Å². The molecule has 0 spiro atoms. The molecule has 0 radical (unpaired) electrons. The zero-order chi connectivity index (χ0) is 17.2. The summed E-state index contributed by atoms with van der Waals surface area (Å²) in [4.78, 5) is 13.1. The summed E-state index contributed by atoms with van der Waals surface area (Å²) in [7, 11) is 0. The van der Waals surface area contributed by atoms with Gasteiger partial charge in [0.2, 0.25) is 0 Å². The van der Waals surface area contributed by atoms with E-state index in [1.807, 2.05) is 66.7 Å². The maximum atomic E-state index is 15.1. The van der Waals surface area contributed by atoms with Gasteiger partial charge in [-0.15, -0.1) is 0 Å². The van der Waals surface area contributed by atoms with E-state index in [4.69, 9.17) is 0 Å². The lowest BCUT2D eigenvalue weighted by Crippen LogP contribution is -2.25. The summed E-state index contributed by atoms with van der Waals surface area (Å²) in [5, 5.41) is 0.455. The Bertz CT molecular complexity index is 1090. The minimum absolute atomic E-state index is 0.189. The van der Waals surface area contributed by atoms with E-state index in [9.17, 15) is 4.79 Å². The fraction of sp³-hybridized carbons (Fsp3) is 0.0455. The maximum Gasteiger partial charge on any atom is 0.262 e. The number of halogens is 1. The Labute approximate surface area is 144 Å². The Morgan fingerprint density at radius 3 is 2.08 bits per heavy atom. The smallest absolute Gasteiger partial charge is 0.262 e. The van der Waals surface area contributed by atoms with Gasteiger partial charge in [0.15, 0.2) is 0 Å². The van der Waals surface area contributed by atoms with Crippen LogP contribution in [0.5, 0.6) is 0 Å². The van der Waals surface area contributed by atoms with E-state index in [-0.39, 0.29) is 17.5 Å². The van der Waals surface area contributed by atoms with E-state index in [1.165, 1.54) is 0 Å². The highest BCUT2D eigenvalue weighted by Gasteiger charge is 2.17. The molecule has 4 rings (SSSR count). The number of hydrogen-bond donors (Lipinski definition) is 0. The van der Waals surface area contributed by atoms with Gasteiger partial charge in [-0.1, -0.05) is 60.7 Å². The minimum Gasteiger partial charge on any atom is -0.276 e. The molecule has 1 aromatic heterocycles. The standard InChI is InChI=1S/C22H16FNO/c23-21-18-13-7-8-14-20(18)24(17-11-5-2-6-12-17)22(25)19(21)15-16-9-3-1-4-10-16/h1-14H,15H2. The summed E-state index contributed by atoms with van der Waals surface area (Å²) in [5.41, 5.74) is 2.10. The van der Waals surface area contributed by atoms with Crippen LogP contribution >= 0.6 is 0 Å². The number of pyridine rings is 1. The molecule has 3 heteroatoms. The largest absolute Gasteiger partial charge is 0.276 e. The van der Waals surface area contributed by atoms with Crippen LogP contribution in [0.25, 0.3) is 16.6 Å². The van der Waals surface area contributed by atoms with E-state index in [0.717, 1.165) is 11.3 Å². The molecule has 0 aliphatic rings. The van der Waals surface area contributed by atoms with Crippen LogP contribution < -0.4 is 5.56 Å². The molecular weight excluding hydrogens is 313 g/mol. The van der Waals surface area contributed by atoms with E-state index >= 15 is 4.39 Å². The maximum absolute atomic E-state index is 15.1. The molecular formula is C22H16FNO. The molecule has 0 bridgehead atoms. The first-order valence-corrected chi connectivity index (χ1v) is 8.17. The number of hydrogen-bond acceptors (Lipinski definition) is 1. The number of para-hydroxylation sites is 2. The van der Waals surface area contributed by atoms with Crippen molar-refractivity contribution >= 4 is 10.9 Å². The average molecular weight is 329 g/mol. The Hall–Kier alpha value is -3.20. The summed E-state index contributed by atoms with van der Waals surface area (Å²) in [6, 6.07) is 26.0. The van der Waals surface area contributed by atoms with Gasteiger partial charge in [0.1, 0.15) is 5.82 Å². The van der Waals surface area contributed by atoms with Crippen molar-refractivity contribution in [1.29, 1.82) is 0 Å². The molecule has 2 nitrogen and oxygen atoms in total. The molecule has 0 saturated carbocycles. The second kappa shape index (κ2) is 6.36. The van der Waals surface area contributed by atoms with E-state index in [1.54, 1.807) is 22.8 Å². The third kappa shape index (κ3) is 2.74. The van der Waals surface area contributed by atoms with Crippen molar-refractivity contribution in [3.63, 3.8) is 0 Å². The van der Waals surface area contributed by atoms with Crippen LogP contribution in [-0.4, -0.2) is 4.57 Å². The summed E-state index contributed by atoms with van der Waals surface area (Å²) >= 11 is 0. The van der Waals surface area contributed by atoms with Gasteiger partial charge in [-0.3, -0.25) is 9.36 Å². The van der Waals surface area contributed by atoms with Crippen molar-refractivity contribution in [1.82, 2.24) is 4.57 Å². The van der Waals surface area contributed by atoms with Gasteiger partial charge < -0.3 is 0 Å². The highest BCUT2D eigenvalue weighted by atomic mass is 19.1. The molecule has 0 N–H and O–H groups in total. The predicted molar refractivity (Wildman–Crippen MR) is 98.8 cm³/mol. The lowest BCUT2D eigenvalue weighted by Gasteiger charge is -2.14. The van der Waals surface area contributed by atoms with Crippen molar-refractivity contribution in [2.75, 3.05) is 0 Å². The first-order chi connectivity index (χ1) is 12.3. The van der Waals surface area contributed by atoms with Crippen molar-refractivity contribution in [3.8, 4) is 5.69 Å². The number of nitrogens with zero attached hydrogens (tertiary/aromatic N) is 1. The fourth-order valence-electron chi connectivity index (χ4n) is 3.14. The van der Waals surface area contributed by atoms with Crippen molar-refractivity contribution in [2.24, 2.45) is 0 Å². The molecule has 25 heavy (non-hydrogen) atoms. The highest BCUT2D eigenvalue weighted by Crippen LogP contribution is 2.23. The third-order valence-electron chi connectivity index (χ3n) is 4.35. The van der Waals surface area contributed by atoms with Crippen LogP contribution in [0.4, 0.5) is 4.39 Å². The predicted octanol–water partition coefficient (Wildman–Crippen LogP) is 4.72. The van der Waals surface area contributed by atoms with Gasteiger partial charge in [0.25, 0.3) is 5.56 Å². The molecule has 0 unspecified atom stereocenters. The summed E-state index contributed by atoms with van der Waals surface area (Å²) in [6.07, 6.45) is 0.267. The second-order valence-corrected chi connectivity index (χ2v) is 5.95. The van der Waals surface area contributed by atoms with Crippen LogP contribution in [0.3, 0.4) is 0 Å². The zero-order valence-electron chi connectivity index (χ0n) is 13.5. The summed E-state index contributed by atoms with van der Waals surface area (Å²) < 4.78 is 16.7. The second-order valence-electron chi connectivity index (χ2n) is 5.95. The lowest BCUT2D eigenvalue weighted by molar-refractivity contribution is 0.619. The molecule has 3 aromatic carbocycles. The molecule has 4 aromatic rings. The SMILES string of the molecule is O=c1c(Cc2ccccc2)c(F)c2ccccc2n1-c1ccccc1. The molecule has 0 amide bonds. The Morgan fingerprint density at radius 1 is 0.760 bits per heavy atom. The molecule has 0 atom stereocenters. The quantitative estimate of drug-likeness (QED) is 0.533. The van der Waals surface area contributed by atoms with Gasteiger partial charge in [0, 0.05) is 17.5 Å². The number of aromatic nitrogens is 1. The molecule has 0 fully saturated rings. The van der Waals surface area contributed by atoms with Gasteiger partial charge in [-0.25, -0.2) is 4.39 Å². The van der Waals surface area contributed by atoms with E-state index < -0.39 is 5.82 Å². The molecule has 1 heterocycles. The summed E-state index contributed by atoms with van der Waals surface area (Å²) in [5.74, 6) is -0.434. The molecule has 0 saturated heterocycles. The Morgan fingerprint density at radius 2 is 1.36 bits per heavy atom. The monoisotopic (exact) mass is 329 g/mol. The highest BCUT2D eigenvalue weighted by molar-refractivity contribution is 5.82. The number of benzene rings is 3. The van der Waals surface area contributed by atoms with Crippen LogP contribution in [0.15, 0.2) is 89.7 Å². The first kappa shape index (κ1) is 15.3. The van der Waals surface area contributed by atoms with Crippen LogP contribution in [0.1, 0.15) is 11.1 Å². The topological polar surface area (TPSA) is 22.0 Å². The summed E-state index contributed by atoms with van der Waals surface area (Å²) in [6.45, 7) is 0. The van der Waals surface area contributed by atoms with E-state index in [2.05, 4.69) is 0 Å². The third-order valence-corrected chi connectivity index (χ3v) is 4.35. The van der Waals surface area contributed by atoms with Gasteiger partial charge in [-0.05, 0) is 29.8 Å². The van der Waals surface area contributed by atoms with Crippen molar-refractivity contribution in [3.05, 3.63) is 112 Å². The normalized spacial score (nSPS) is 10.9. The number of fused-ring (bicyclic) bond motifs is 1. The molecule has 0 aliphatic heterocycles. The van der Waals surface area contributed by atoms with Gasteiger partial charge in [-0.2, -0.15) is 0 Å². The first-order valence-electron chi connectivity index (χ1n) is 8.17. The number of rotatable bonds is 3. The Balaban J connectivity index is 2.03. The average Bonchev–Trinajstić information content (AvgIpc) is 2.67. The van der Waals surface area contributed by atoms with Crippen LogP contribution in [0, 0.1) is 5.82 Å². The zero-order valence-corrected chi connectivity index (χ0v) is 13.5. The Kier molecular flexibility index (Phi) is 3.90. The molecule has 0 aliphatic carbocycles. The molecule has 122 valence electrons.